The normalized spacial score (nSPS) is 11.8. The first-order chi connectivity index (χ1) is 9.99. The summed E-state index contributed by atoms with van der Waals surface area (Å²) in [5, 5.41) is 16.7. The maximum Gasteiger partial charge on any atom is 0.292 e. The van der Waals surface area contributed by atoms with Crippen molar-refractivity contribution in [2.75, 3.05) is 23.9 Å². The van der Waals surface area contributed by atoms with Crippen molar-refractivity contribution in [3.05, 3.63) is 33.9 Å². The fraction of sp³-hybridized carbons (Fsp3) is 0.500. The minimum Gasteiger partial charge on any atom is -0.377 e. The van der Waals surface area contributed by atoms with E-state index in [-0.39, 0.29) is 17.6 Å². The number of nitrogens with one attached hydrogen (secondary N) is 2. The minimum absolute atomic E-state index is 0.0161. The number of hydrogen-bond acceptors (Lipinski definition) is 5. The molecule has 7 heteroatoms. The first-order valence-electron chi connectivity index (χ1n) is 6.84. The minimum atomic E-state index is -0.441. The smallest absolute Gasteiger partial charge is 0.292 e. The number of hydrogen-bond donors (Lipinski definition) is 2. The number of nitrogens with zero attached hydrogens (tertiary/aromatic N) is 1. The van der Waals surface area contributed by atoms with Crippen LogP contribution in [0.1, 0.15) is 30.6 Å². The molecule has 1 unspecified atom stereocenters. The van der Waals surface area contributed by atoms with E-state index in [1.54, 1.807) is 0 Å². The summed E-state index contributed by atoms with van der Waals surface area (Å²) in [7, 11) is 1.53. The highest BCUT2D eigenvalue weighted by molar-refractivity contribution is 7.99. The van der Waals surface area contributed by atoms with E-state index in [1.807, 2.05) is 18.7 Å². The molecule has 21 heavy (non-hydrogen) atoms. The molecule has 0 saturated heterocycles. The van der Waals surface area contributed by atoms with Crippen LogP contribution in [-0.2, 0) is 0 Å². The lowest BCUT2D eigenvalue weighted by atomic mass is 10.1. The number of anilines is 1. The Morgan fingerprint density at radius 3 is 2.76 bits per heavy atom. The van der Waals surface area contributed by atoms with E-state index in [9.17, 15) is 14.9 Å². The molecule has 0 heterocycles. The molecule has 1 aromatic carbocycles. The predicted octanol–water partition coefficient (Wildman–Crippen LogP) is 2.90. The van der Waals surface area contributed by atoms with Crippen LogP contribution in [0.5, 0.6) is 0 Å². The third-order valence-electron chi connectivity index (χ3n) is 2.98. The van der Waals surface area contributed by atoms with Gasteiger partial charge in [0.05, 0.1) is 4.92 Å². The standard InChI is InChI=1S/C14H21N3O3S/c1-4-21-8-7-10(2)16-12-9-11(14(18)15-3)5-6-13(12)17(19)20/h5-6,9-10,16H,4,7-8H2,1-3H3,(H,15,18). The lowest BCUT2D eigenvalue weighted by Gasteiger charge is -2.15. The molecule has 6 nitrogen and oxygen atoms in total. The Morgan fingerprint density at radius 2 is 2.19 bits per heavy atom. The number of carbonyl (C=O) groups excluding carboxylic acids is 1. The molecule has 0 bridgehead atoms. The number of carbonyl (C=O) groups is 1. The molecule has 116 valence electrons. The summed E-state index contributed by atoms with van der Waals surface area (Å²) in [5.74, 6) is 1.79. The van der Waals surface area contributed by atoms with E-state index in [0.717, 1.165) is 17.9 Å². The van der Waals surface area contributed by atoms with Crippen molar-refractivity contribution >= 4 is 29.0 Å². The van der Waals surface area contributed by atoms with Crippen molar-refractivity contribution in [3.8, 4) is 0 Å². The third kappa shape index (κ3) is 5.26. The van der Waals surface area contributed by atoms with E-state index < -0.39 is 4.92 Å². The van der Waals surface area contributed by atoms with Crippen molar-refractivity contribution in [1.29, 1.82) is 0 Å². The van der Waals surface area contributed by atoms with Crippen LogP contribution in [0.3, 0.4) is 0 Å². The quantitative estimate of drug-likeness (QED) is 0.438. The third-order valence-corrected chi connectivity index (χ3v) is 3.92. The first kappa shape index (κ1) is 17.3. The molecule has 1 atom stereocenters. The number of thioether (sulfide) groups is 1. The average Bonchev–Trinajstić information content (AvgIpc) is 2.46. The summed E-state index contributed by atoms with van der Waals surface area (Å²) in [6, 6.07) is 4.45. The highest BCUT2D eigenvalue weighted by Gasteiger charge is 2.17. The molecule has 2 N–H and O–H groups in total. The second kappa shape index (κ2) is 8.51. The lowest BCUT2D eigenvalue weighted by molar-refractivity contribution is -0.384. The highest BCUT2D eigenvalue weighted by Crippen LogP contribution is 2.26. The van der Waals surface area contributed by atoms with Gasteiger partial charge >= 0.3 is 0 Å². The molecule has 0 aliphatic carbocycles. The summed E-state index contributed by atoms with van der Waals surface area (Å²) in [4.78, 5) is 22.3. The van der Waals surface area contributed by atoms with Gasteiger partial charge < -0.3 is 10.6 Å². The van der Waals surface area contributed by atoms with E-state index in [4.69, 9.17) is 0 Å². The molecule has 0 spiro atoms. The van der Waals surface area contributed by atoms with Crippen molar-refractivity contribution in [3.63, 3.8) is 0 Å². The van der Waals surface area contributed by atoms with Crippen LogP contribution < -0.4 is 10.6 Å². The van der Waals surface area contributed by atoms with Gasteiger partial charge in [-0.3, -0.25) is 14.9 Å². The SMILES string of the molecule is CCSCCC(C)Nc1cc(C(=O)NC)ccc1[N+](=O)[O-]. The Morgan fingerprint density at radius 1 is 1.48 bits per heavy atom. The van der Waals surface area contributed by atoms with Gasteiger partial charge in [0.15, 0.2) is 0 Å². The number of nitro benzene ring substituents is 1. The van der Waals surface area contributed by atoms with Gasteiger partial charge in [0.2, 0.25) is 0 Å². The number of nitro groups is 1. The molecule has 1 aromatic rings. The van der Waals surface area contributed by atoms with Crippen LogP contribution in [-0.4, -0.2) is 35.4 Å². The monoisotopic (exact) mass is 311 g/mol. The summed E-state index contributed by atoms with van der Waals surface area (Å²) >= 11 is 1.83. The molecule has 0 aliphatic rings. The Labute approximate surface area is 128 Å². The van der Waals surface area contributed by atoms with E-state index >= 15 is 0 Å². The lowest BCUT2D eigenvalue weighted by Crippen LogP contribution is -2.20. The van der Waals surface area contributed by atoms with Crippen molar-refractivity contribution in [2.45, 2.75) is 26.3 Å². The Balaban J connectivity index is 2.90. The molecule has 0 saturated carbocycles. The number of rotatable bonds is 8. The summed E-state index contributed by atoms with van der Waals surface area (Å²) < 4.78 is 0. The summed E-state index contributed by atoms with van der Waals surface area (Å²) in [6.07, 6.45) is 0.903. The Kier molecular flexibility index (Phi) is 7.01. The second-order valence-electron chi connectivity index (χ2n) is 4.60. The number of benzene rings is 1. The molecule has 0 radical (unpaired) electrons. The van der Waals surface area contributed by atoms with Gasteiger partial charge in [-0.2, -0.15) is 11.8 Å². The fourth-order valence-electron chi connectivity index (χ4n) is 1.84. The second-order valence-corrected chi connectivity index (χ2v) is 5.99. The average molecular weight is 311 g/mol. The van der Waals surface area contributed by atoms with E-state index in [2.05, 4.69) is 17.6 Å². The molecule has 0 aromatic heterocycles. The molecule has 1 rings (SSSR count). The molecule has 0 aliphatic heterocycles. The maximum absolute atomic E-state index is 11.6. The van der Waals surface area contributed by atoms with Gasteiger partial charge in [-0.15, -0.1) is 0 Å². The van der Waals surface area contributed by atoms with Crippen LogP contribution in [0.25, 0.3) is 0 Å². The van der Waals surface area contributed by atoms with Crippen molar-refractivity contribution < 1.29 is 9.72 Å². The maximum atomic E-state index is 11.6. The number of amides is 1. The van der Waals surface area contributed by atoms with Crippen LogP contribution in [0.2, 0.25) is 0 Å². The van der Waals surface area contributed by atoms with Gasteiger partial charge in [-0.1, -0.05) is 6.92 Å². The van der Waals surface area contributed by atoms with Crippen LogP contribution in [0, 0.1) is 10.1 Å². The van der Waals surface area contributed by atoms with Gasteiger partial charge in [-0.05, 0) is 37.0 Å². The Hall–Kier alpha value is -1.76. The zero-order valence-electron chi connectivity index (χ0n) is 12.5. The highest BCUT2D eigenvalue weighted by atomic mass is 32.2. The van der Waals surface area contributed by atoms with Crippen LogP contribution in [0.15, 0.2) is 18.2 Å². The largest absolute Gasteiger partial charge is 0.377 e. The molecular formula is C14H21N3O3S. The topological polar surface area (TPSA) is 84.3 Å². The molecular weight excluding hydrogens is 290 g/mol. The van der Waals surface area contributed by atoms with Crippen LogP contribution in [0.4, 0.5) is 11.4 Å². The Bertz CT molecular complexity index is 508. The summed E-state index contributed by atoms with van der Waals surface area (Å²) in [6.45, 7) is 4.08. The molecule has 0 fully saturated rings. The van der Waals surface area contributed by atoms with Crippen molar-refractivity contribution in [1.82, 2.24) is 5.32 Å². The van der Waals surface area contributed by atoms with Crippen molar-refractivity contribution in [2.24, 2.45) is 0 Å². The molecule has 1 amide bonds. The van der Waals surface area contributed by atoms with Crippen LogP contribution >= 0.6 is 11.8 Å². The van der Waals surface area contributed by atoms with E-state index in [1.165, 1.54) is 25.2 Å². The zero-order chi connectivity index (χ0) is 15.8. The van der Waals surface area contributed by atoms with Gasteiger partial charge in [0.25, 0.3) is 11.6 Å². The van der Waals surface area contributed by atoms with Gasteiger partial charge in [0, 0.05) is 24.7 Å². The predicted molar refractivity (Wildman–Crippen MR) is 87.2 cm³/mol. The first-order valence-corrected chi connectivity index (χ1v) is 7.99. The van der Waals surface area contributed by atoms with Gasteiger partial charge in [0.1, 0.15) is 5.69 Å². The van der Waals surface area contributed by atoms with E-state index in [0.29, 0.717) is 11.3 Å². The fourth-order valence-corrected chi connectivity index (χ4v) is 2.65. The summed E-state index contributed by atoms with van der Waals surface area (Å²) in [5.41, 5.74) is 0.772. The van der Waals surface area contributed by atoms with Gasteiger partial charge in [-0.25, -0.2) is 0 Å². The zero-order valence-corrected chi connectivity index (χ0v) is 13.3.